The Kier molecular flexibility index (Phi) is 6.86. The average Bonchev–Trinajstić information content (AvgIpc) is 3.40. The third-order valence-corrected chi connectivity index (χ3v) is 5.52. The van der Waals surface area contributed by atoms with Gasteiger partial charge in [0.2, 0.25) is 5.91 Å². The van der Waals surface area contributed by atoms with E-state index in [0.717, 1.165) is 28.7 Å². The third-order valence-electron chi connectivity index (χ3n) is 5.05. The van der Waals surface area contributed by atoms with Gasteiger partial charge in [0, 0.05) is 25.4 Å². The molecule has 156 valence electrons. The van der Waals surface area contributed by atoms with Crippen LogP contribution in [0, 0.1) is 0 Å². The number of halogens is 1. The van der Waals surface area contributed by atoms with E-state index < -0.39 is 18.2 Å². The summed E-state index contributed by atoms with van der Waals surface area (Å²) in [6.07, 6.45) is 3.93. The van der Waals surface area contributed by atoms with E-state index in [1.165, 1.54) is 14.2 Å². The fourth-order valence-corrected chi connectivity index (χ4v) is 3.62. The Hall–Kier alpha value is -2.46. The van der Waals surface area contributed by atoms with Gasteiger partial charge in [0.05, 0.1) is 31.1 Å². The number of rotatable bonds is 6. The maximum absolute atomic E-state index is 13.2. The number of carbonyl (C=O) groups is 2. The summed E-state index contributed by atoms with van der Waals surface area (Å²) in [5.41, 5.74) is 1.73. The summed E-state index contributed by atoms with van der Waals surface area (Å²) in [5.74, 6) is 0.478. The summed E-state index contributed by atoms with van der Waals surface area (Å²) in [5, 5.41) is 2.58. The number of H-pyrrole nitrogens is 1. The number of aromatic amines is 1. The predicted molar refractivity (Wildman–Crippen MR) is 109 cm³/mol. The molecular weight excluding hydrogens is 442 g/mol. The summed E-state index contributed by atoms with van der Waals surface area (Å²) in [6.45, 7) is 2.31. The van der Waals surface area contributed by atoms with Crippen molar-refractivity contribution >= 4 is 27.9 Å². The van der Waals surface area contributed by atoms with E-state index in [2.05, 4.69) is 40.9 Å². The number of alkyl carbamates (subject to hydrolysis) is 1. The van der Waals surface area contributed by atoms with Crippen LogP contribution in [0.3, 0.4) is 0 Å². The van der Waals surface area contributed by atoms with Gasteiger partial charge in [0.1, 0.15) is 16.5 Å². The Balaban J connectivity index is 1.80. The van der Waals surface area contributed by atoms with Crippen molar-refractivity contribution in [3.05, 3.63) is 35.0 Å². The zero-order chi connectivity index (χ0) is 21.0. The molecule has 2 amide bonds. The minimum absolute atomic E-state index is 0.203. The quantitative estimate of drug-likeness (QED) is 0.634. The lowest BCUT2D eigenvalue weighted by atomic mass is 10.1. The molecule has 3 rings (SSSR count). The molecule has 2 N–H and O–H groups in total. The Morgan fingerprint density at radius 1 is 1.31 bits per heavy atom. The van der Waals surface area contributed by atoms with Gasteiger partial charge in [-0.15, -0.1) is 0 Å². The van der Waals surface area contributed by atoms with Crippen LogP contribution in [0.15, 0.2) is 29.1 Å². The van der Waals surface area contributed by atoms with Crippen molar-refractivity contribution in [3.8, 4) is 11.3 Å². The zero-order valence-corrected chi connectivity index (χ0v) is 18.1. The van der Waals surface area contributed by atoms with Crippen molar-refractivity contribution in [2.75, 3.05) is 20.8 Å². The lowest BCUT2D eigenvalue weighted by Gasteiger charge is -2.30. The van der Waals surface area contributed by atoms with Crippen LogP contribution in [0.5, 0.6) is 0 Å². The Morgan fingerprint density at radius 3 is 2.76 bits per heavy atom. The molecule has 2 aromatic rings. The number of nitrogens with one attached hydrogen (secondary N) is 2. The average molecular weight is 466 g/mol. The molecule has 0 bridgehead atoms. The second-order valence-corrected chi connectivity index (χ2v) is 7.61. The molecule has 10 heteroatoms. The minimum atomic E-state index is -0.849. The maximum Gasteiger partial charge on any atom is 0.407 e. The van der Waals surface area contributed by atoms with Gasteiger partial charge in [-0.2, -0.15) is 0 Å². The molecule has 1 aliphatic heterocycles. The topological polar surface area (TPSA) is 109 Å². The first kappa shape index (κ1) is 21.3. The Bertz CT molecular complexity index is 857. The van der Waals surface area contributed by atoms with Crippen LogP contribution in [0.1, 0.15) is 31.6 Å². The summed E-state index contributed by atoms with van der Waals surface area (Å²) < 4.78 is 10.7. The van der Waals surface area contributed by atoms with Crippen molar-refractivity contribution in [3.63, 3.8) is 0 Å². The Morgan fingerprint density at radius 2 is 2.10 bits per heavy atom. The largest absolute Gasteiger partial charge is 0.453 e. The van der Waals surface area contributed by atoms with E-state index in [4.69, 9.17) is 4.74 Å². The number of hydrogen-bond acceptors (Lipinski definition) is 6. The van der Waals surface area contributed by atoms with Gasteiger partial charge in [-0.25, -0.2) is 14.8 Å². The molecule has 0 radical (unpaired) electrons. The van der Waals surface area contributed by atoms with Crippen LogP contribution in [-0.4, -0.2) is 64.8 Å². The lowest BCUT2D eigenvalue weighted by molar-refractivity contribution is -0.137. The molecule has 0 aliphatic carbocycles. The molecule has 1 unspecified atom stereocenters. The number of amides is 2. The van der Waals surface area contributed by atoms with Gasteiger partial charge in [0.15, 0.2) is 0 Å². The van der Waals surface area contributed by atoms with Crippen LogP contribution in [0.25, 0.3) is 11.3 Å². The van der Waals surface area contributed by atoms with Gasteiger partial charge in [0.25, 0.3) is 0 Å². The number of likely N-dealkylation sites (tertiary alicyclic amines) is 1. The monoisotopic (exact) mass is 465 g/mol. The highest BCUT2D eigenvalue weighted by atomic mass is 79.9. The minimum Gasteiger partial charge on any atom is -0.453 e. The molecule has 2 aromatic heterocycles. The van der Waals surface area contributed by atoms with Crippen LogP contribution in [0.4, 0.5) is 4.79 Å². The van der Waals surface area contributed by atoms with Crippen LogP contribution in [0.2, 0.25) is 0 Å². The van der Waals surface area contributed by atoms with Gasteiger partial charge in [-0.1, -0.05) is 0 Å². The number of ether oxygens (including phenoxy) is 2. The molecule has 0 aromatic carbocycles. The van der Waals surface area contributed by atoms with Crippen LogP contribution in [-0.2, 0) is 14.3 Å². The molecular formula is C19H24BrN5O4. The van der Waals surface area contributed by atoms with Gasteiger partial charge >= 0.3 is 6.09 Å². The number of pyridine rings is 1. The molecule has 0 saturated carbocycles. The zero-order valence-electron chi connectivity index (χ0n) is 16.5. The van der Waals surface area contributed by atoms with Gasteiger partial charge < -0.3 is 24.7 Å². The number of nitrogens with zero attached hydrogens (tertiary/aromatic N) is 3. The molecule has 1 saturated heterocycles. The number of carbonyl (C=O) groups excluding carboxylic acids is 2. The van der Waals surface area contributed by atoms with E-state index in [1.807, 2.05) is 12.1 Å². The second-order valence-electron chi connectivity index (χ2n) is 6.80. The van der Waals surface area contributed by atoms with Gasteiger partial charge in [-0.05, 0) is 47.8 Å². The van der Waals surface area contributed by atoms with E-state index in [9.17, 15) is 9.59 Å². The van der Waals surface area contributed by atoms with Crippen LogP contribution >= 0.6 is 15.9 Å². The standard InChI is InChI=1S/C19H24BrN5O4/c1-11(28-2)16(24-19(27)29-3)18(26)25-8-4-5-14(25)17-22-10-13(23-17)12-6-7-15(20)21-9-12/h6-7,9-11,14,16H,4-5,8H2,1-3H3,(H,22,23)(H,24,27)/t11-,14+,16?/m1/s1. The molecule has 3 heterocycles. The summed E-state index contributed by atoms with van der Waals surface area (Å²) in [6, 6.07) is 2.74. The molecule has 9 nitrogen and oxygen atoms in total. The molecule has 3 atom stereocenters. The number of hydrogen-bond donors (Lipinski definition) is 2. The highest BCUT2D eigenvalue weighted by Gasteiger charge is 2.38. The summed E-state index contributed by atoms with van der Waals surface area (Å²) in [4.78, 5) is 38.7. The fraction of sp³-hybridized carbons (Fsp3) is 0.474. The summed E-state index contributed by atoms with van der Waals surface area (Å²) in [7, 11) is 2.75. The smallest absolute Gasteiger partial charge is 0.407 e. The van der Waals surface area contributed by atoms with E-state index in [-0.39, 0.29) is 11.9 Å². The molecule has 1 aliphatic rings. The molecule has 0 spiro atoms. The number of aromatic nitrogens is 3. The predicted octanol–water partition coefficient (Wildman–Crippen LogP) is 2.66. The lowest BCUT2D eigenvalue weighted by Crippen LogP contribution is -2.54. The van der Waals surface area contributed by atoms with Crippen LogP contribution < -0.4 is 5.32 Å². The molecule has 1 fully saturated rings. The van der Waals surface area contributed by atoms with E-state index >= 15 is 0 Å². The van der Waals surface area contributed by atoms with Crippen molar-refractivity contribution in [2.24, 2.45) is 0 Å². The molecule has 29 heavy (non-hydrogen) atoms. The highest BCUT2D eigenvalue weighted by molar-refractivity contribution is 9.10. The SMILES string of the molecule is COC(=O)NC(C(=O)N1CCC[C@H]1c1ncc(-c2ccc(Br)nc2)[nH]1)[C@@H](C)OC. The van der Waals surface area contributed by atoms with E-state index in [1.54, 1.807) is 24.2 Å². The number of methoxy groups -OCH3 is 2. The highest BCUT2D eigenvalue weighted by Crippen LogP contribution is 2.32. The number of imidazole rings is 1. The third kappa shape index (κ3) is 4.76. The van der Waals surface area contributed by atoms with Crippen molar-refractivity contribution in [2.45, 2.75) is 38.0 Å². The van der Waals surface area contributed by atoms with E-state index in [0.29, 0.717) is 12.4 Å². The summed E-state index contributed by atoms with van der Waals surface area (Å²) >= 11 is 3.32. The van der Waals surface area contributed by atoms with Crippen molar-refractivity contribution in [1.29, 1.82) is 0 Å². The first-order valence-corrected chi connectivity index (χ1v) is 10.1. The Labute approximate surface area is 177 Å². The van der Waals surface area contributed by atoms with Gasteiger partial charge in [-0.3, -0.25) is 4.79 Å². The fourth-order valence-electron chi connectivity index (χ4n) is 3.38. The van der Waals surface area contributed by atoms with Crippen molar-refractivity contribution in [1.82, 2.24) is 25.2 Å². The normalized spacial score (nSPS) is 18.3. The first-order valence-electron chi connectivity index (χ1n) is 9.29. The maximum atomic E-state index is 13.2. The second kappa shape index (κ2) is 9.36. The van der Waals surface area contributed by atoms with Crippen molar-refractivity contribution < 1.29 is 19.1 Å². The first-order chi connectivity index (χ1) is 13.9.